The van der Waals surface area contributed by atoms with E-state index in [9.17, 15) is 9.18 Å². The molecule has 0 aliphatic heterocycles. The third-order valence-corrected chi connectivity index (χ3v) is 4.23. The topological polar surface area (TPSA) is 43.6 Å². The number of ether oxygens (including phenoxy) is 1. The summed E-state index contributed by atoms with van der Waals surface area (Å²) < 4.78 is 21.3. The van der Waals surface area contributed by atoms with Crippen molar-refractivity contribution in [1.29, 1.82) is 0 Å². The Morgan fingerprint density at radius 2 is 2.00 bits per heavy atom. The second kappa shape index (κ2) is 6.84. The van der Waals surface area contributed by atoms with Crippen molar-refractivity contribution < 1.29 is 13.9 Å². The number of esters is 1. The van der Waals surface area contributed by atoms with Crippen molar-refractivity contribution in [3.05, 3.63) is 58.6 Å². The fraction of sp³-hybridized carbons (Fsp3) is 0.263. The van der Waals surface area contributed by atoms with Crippen LogP contribution >= 0.6 is 11.6 Å². The van der Waals surface area contributed by atoms with Crippen LogP contribution in [0.3, 0.4) is 0 Å². The molecule has 4 nitrogen and oxygen atoms in total. The summed E-state index contributed by atoms with van der Waals surface area (Å²) in [7, 11) is 0. The van der Waals surface area contributed by atoms with Gasteiger partial charge in [0.25, 0.3) is 0 Å². The zero-order valence-corrected chi connectivity index (χ0v) is 15.0. The monoisotopic (exact) mass is 360 g/mol. The zero-order valence-electron chi connectivity index (χ0n) is 14.2. The van der Waals surface area contributed by atoms with Crippen LogP contribution in [0.1, 0.15) is 42.7 Å². The van der Waals surface area contributed by atoms with Gasteiger partial charge in [0.05, 0.1) is 23.4 Å². The highest BCUT2D eigenvalue weighted by Crippen LogP contribution is 2.36. The van der Waals surface area contributed by atoms with E-state index >= 15 is 0 Å². The molecule has 0 radical (unpaired) electrons. The average molecular weight is 361 g/mol. The summed E-state index contributed by atoms with van der Waals surface area (Å²) >= 11 is 6.23. The van der Waals surface area contributed by atoms with Crippen molar-refractivity contribution in [3.8, 4) is 11.1 Å². The smallest absolute Gasteiger partial charge is 0.340 e. The normalized spacial score (nSPS) is 11.3. The molecule has 3 aromatic rings. The standard InChI is InChI=1S/C19H18ClFN2O2/c1-4-25-19(24)17-16(12-7-5-6-8-13(12)21)14-9-10-15(20)23(14)22-18(17)11(2)3/h5-11H,4H2,1-3H3. The van der Waals surface area contributed by atoms with Crippen LogP contribution in [0.15, 0.2) is 36.4 Å². The van der Waals surface area contributed by atoms with Gasteiger partial charge in [-0.1, -0.05) is 43.6 Å². The Hall–Kier alpha value is -2.40. The lowest BCUT2D eigenvalue weighted by Crippen LogP contribution is -2.16. The molecule has 0 spiro atoms. The molecular weight excluding hydrogens is 343 g/mol. The molecule has 2 aromatic heterocycles. The SMILES string of the molecule is CCOC(=O)c1c(C(C)C)nn2c(Cl)ccc2c1-c1ccccc1F. The molecule has 0 atom stereocenters. The number of nitrogens with zero attached hydrogens (tertiary/aromatic N) is 2. The van der Waals surface area contributed by atoms with E-state index < -0.39 is 11.8 Å². The fourth-order valence-corrected chi connectivity index (χ4v) is 3.05. The summed E-state index contributed by atoms with van der Waals surface area (Å²) in [5.41, 5.74) is 2.12. The molecule has 0 fully saturated rings. The molecule has 0 saturated heterocycles. The lowest BCUT2D eigenvalue weighted by atomic mass is 9.94. The average Bonchev–Trinajstić information content (AvgIpc) is 2.95. The number of aromatic nitrogens is 2. The van der Waals surface area contributed by atoms with Crippen LogP contribution in [0.25, 0.3) is 16.6 Å². The summed E-state index contributed by atoms with van der Waals surface area (Å²) in [6, 6.07) is 9.73. The number of halogens is 2. The van der Waals surface area contributed by atoms with Crippen molar-refractivity contribution >= 4 is 23.1 Å². The number of hydrogen-bond donors (Lipinski definition) is 0. The van der Waals surface area contributed by atoms with Gasteiger partial charge in [-0.05, 0) is 31.0 Å². The van der Waals surface area contributed by atoms with Crippen LogP contribution in [0.2, 0.25) is 5.15 Å². The van der Waals surface area contributed by atoms with E-state index in [4.69, 9.17) is 16.3 Å². The maximum Gasteiger partial charge on any atom is 0.340 e. The minimum atomic E-state index is -0.517. The third-order valence-electron chi connectivity index (χ3n) is 3.95. The first kappa shape index (κ1) is 17.4. The first-order chi connectivity index (χ1) is 12.0. The predicted molar refractivity (Wildman–Crippen MR) is 95.6 cm³/mol. The Kier molecular flexibility index (Phi) is 4.77. The third kappa shape index (κ3) is 3.00. The van der Waals surface area contributed by atoms with Crippen LogP contribution in [-0.2, 0) is 4.74 Å². The molecule has 1 aromatic carbocycles. The van der Waals surface area contributed by atoms with Gasteiger partial charge in [-0.25, -0.2) is 13.7 Å². The van der Waals surface area contributed by atoms with E-state index in [1.807, 2.05) is 13.8 Å². The Bertz CT molecular complexity index is 950. The van der Waals surface area contributed by atoms with Gasteiger partial charge in [-0.2, -0.15) is 5.10 Å². The van der Waals surface area contributed by atoms with E-state index in [1.165, 1.54) is 10.6 Å². The minimum absolute atomic E-state index is 0.0761. The highest BCUT2D eigenvalue weighted by molar-refractivity contribution is 6.30. The number of fused-ring (bicyclic) bond motifs is 1. The van der Waals surface area contributed by atoms with E-state index in [1.54, 1.807) is 37.3 Å². The first-order valence-corrected chi connectivity index (χ1v) is 8.46. The Morgan fingerprint density at radius 3 is 2.64 bits per heavy atom. The van der Waals surface area contributed by atoms with Gasteiger partial charge in [0.2, 0.25) is 0 Å². The van der Waals surface area contributed by atoms with Gasteiger partial charge < -0.3 is 4.74 Å². The summed E-state index contributed by atoms with van der Waals surface area (Å²) in [6.07, 6.45) is 0. The molecular formula is C19H18ClFN2O2. The van der Waals surface area contributed by atoms with Gasteiger partial charge in [-0.15, -0.1) is 0 Å². The van der Waals surface area contributed by atoms with Gasteiger partial charge in [-0.3, -0.25) is 0 Å². The van der Waals surface area contributed by atoms with Gasteiger partial charge in [0.15, 0.2) is 0 Å². The van der Waals surface area contributed by atoms with Crippen molar-refractivity contribution in [2.75, 3.05) is 6.61 Å². The van der Waals surface area contributed by atoms with Crippen molar-refractivity contribution in [2.45, 2.75) is 26.7 Å². The number of hydrogen-bond acceptors (Lipinski definition) is 3. The Balaban J connectivity index is 2.48. The summed E-state index contributed by atoms with van der Waals surface area (Å²) in [6.45, 7) is 5.79. The summed E-state index contributed by atoms with van der Waals surface area (Å²) in [5, 5.41) is 4.91. The van der Waals surface area contributed by atoms with Crippen LogP contribution in [0, 0.1) is 5.82 Å². The molecule has 3 rings (SSSR count). The number of carbonyl (C=O) groups excluding carboxylic acids is 1. The summed E-state index contributed by atoms with van der Waals surface area (Å²) in [4.78, 5) is 12.7. The van der Waals surface area contributed by atoms with Crippen LogP contribution < -0.4 is 0 Å². The van der Waals surface area contributed by atoms with Crippen molar-refractivity contribution in [1.82, 2.24) is 9.61 Å². The van der Waals surface area contributed by atoms with Crippen LogP contribution in [-0.4, -0.2) is 22.2 Å². The molecule has 130 valence electrons. The molecule has 0 bridgehead atoms. The highest BCUT2D eigenvalue weighted by Gasteiger charge is 2.27. The highest BCUT2D eigenvalue weighted by atomic mass is 35.5. The second-order valence-electron chi connectivity index (χ2n) is 5.94. The van der Waals surface area contributed by atoms with Gasteiger partial charge >= 0.3 is 5.97 Å². The van der Waals surface area contributed by atoms with Gasteiger partial charge in [0.1, 0.15) is 11.0 Å². The molecule has 0 aliphatic carbocycles. The van der Waals surface area contributed by atoms with Crippen LogP contribution in [0.5, 0.6) is 0 Å². The molecule has 0 aliphatic rings. The lowest BCUT2D eigenvalue weighted by Gasteiger charge is -2.18. The quantitative estimate of drug-likeness (QED) is 0.608. The number of benzene rings is 1. The second-order valence-corrected chi connectivity index (χ2v) is 6.33. The molecule has 0 saturated carbocycles. The predicted octanol–water partition coefficient (Wildman–Crippen LogP) is 5.09. The Morgan fingerprint density at radius 1 is 1.28 bits per heavy atom. The zero-order chi connectivity index (χ0) is 18.1. The maximum atomic E-state index is 14.6. The molecule has 0 amide bonds. The van der Waals surface area contributed by atoms with Crippen molar-refractivity contribution in [2.24, 2.45) is 0 Å². The minimum Gasteiger partial charge on any atom is -0.462 e. The fourth-order valence-electron chi connectivity index (χ4n) is 2.86. The first-order valence-electron chi connectivity index (χ1n) is 8.08. The molecule has 25 heavy (non-hydrogen) atoms. The van der Waals surface area contributed by atoms with E-state index in [0.29, 0.717) is 27.5 Å². The van der Waals surface area contributed by atoms with E-state index in [2.05, 4.69) is 5.10 Å². The largest absolute Gasteiger partial charge is 0.462 e. The molecule has 6 heteroatoms. The Labute approximate surface area is 150 Å². The van der Waals surface area contributed by atoms with E-state index in [-0.39, 0.29) is 18.1 Å². The summed E-state index contributed by atoms with van der Waals surface area (Å²) in [5.74, 6) is -1.02. The lowest BCUT2D eigenvalue weighted by molar-refractivity contribution is 0.0524. The molecule has 2 heterocycles. The number of rotatable bonds is 4. The maximum absolute atomic E-state index is 14.6. The van der Waals surface area contributed by atoms with Gasteiger partial charge in [0, 0.05) is 11.1 Å². The molecule has 0 N–H and O–H groups in total. The molecule has 0 unspecified atom stereocenters. The van der Waals surface area contributed by atoms with Crippen molar-refractivity contribution in [3.63, 3.8) is 0 Å². The van der Waals surface area contributed by atoms with Crippen LogP contribution in [0.4, 0.5) is 4.39 Å². The van der Waals surface area contributed by atoms with E-state index in [0.717, 1.165) is 0 Å². The number of carbonyl (C=O) groups is 1.